The van der Waals surface area contributed by atoms with E-state index in [9.17, 15) is 4.79 Å². The van der Waals surface area contributed by atoms with E-state index in [0.717, 1.165) is 17.1 Å². The third kappa shape index (κ3) is 3.62. The van der Waals surface area contributed by atoms with E-state index in [1.165, 1.54) is 0 Å². The molecule has 0 radical (unpaired) electrons. The van der Waals surface area contributed by atoms with Crippen LogP contribution >= 0.6 is 0 Å². The maximum atomic E-state index is 11.6. The number of hydrogen-bond acceptors (Lipinski definition) is 7. The van der Waals surface area contributed by atoms with E-state index in [2.05, 4.69) is 16.3 Å². The fourth-order valence-electron chi connectivity index (χ4n) is 4.13. The molecule has 30 heavy (non-hydrogen) atoms. The van der Waals surface area contributed by atoms with Crippen molar-refractivity contribution >= 4 is 23.3 Å². The predicted molar refractivity (Wildman–Crippen MR) is 115 cm³/mol. The Kier molecular flexibility index (Phi) is 5.40. The number of carbonyl (C=O) groups is 1. The standard InChI is InChI=1S/C22H28N4O4/c1-12(15-9-20(27)23-11-15)30-22-21-17(24-13(2)26(21)3)10-16(25-22)14-6-7-18(28-4)19(8-14)29-5/h6-8,10,12,15,17,21H,9,11H2,1-5H3,(H,23,27)/t12-,15?,17?,21?/m1/s1. The molecule has 1 aromatic rings. The molecule has 8 nitrogen and oxygen atoms in total. The van der Waals surface area contributed by atoms with Gasteiger partial charge in [0.05, 0.1) is 25.8 Å². The minimum Gasteiger partial charge on any atom is -0.493 e. The number of nitrogens with one attached hydrogen (secondary N) is 1. The van der Waals surface area contributed by atoms with Crippen LogP contribution in [0.15, 0.2) is 34.3 Å². The number of benzene rings is 1. The Labute approximate surface area is 176 Å². The lowest BCUT2D eigenvalue weighted by atomic mass is 9.99. The summed E-state index contributed by atoms with van der Waals surface area (Å²) in [6.45, 7) is 4.62. The van der Waals surface area contributed by atoms with E-state index in [-0.39, 0.29) is 30.0 Å². The van der Waals surface area contributed by atoms with Gasteiger partial charge in [-0.3, -0.25) is 9.79 Å². The van der Waals surface area contributed by atoms with E-state index < -0.39 is 0 Å². The van der Waals surface area contributed by atoms with E-state index in [4.69, 9.17) is 24.2 Å². The fourth-order valence-corrected chi connectivity index (χ4v) is 4.13. The van der Waals surface area contributed by atoms with Gasteiger partial charge in [0.2, 0.25) is 11.8 Å². The van der Waals surface area contributed by atoms with Crippen molar-refractivity contribution in [2.75, 3.05) is 27.8 Å². The Bertz CT molecular complexity index is 939. The van der Waals surface area contributed by atoms with Gasteiger partial charge in [-0.05, 0) is 38.1 Å². The molecule has 0 bridgehead atoms. The number of likely N-dealkylation sites (N-methyl/N-ethyl adjacent to an activating group) is 1. The number of carbonyl (C=O) groups excluding carboxylic acids is 1. The van der Waals surface area contributed by atoms with E-state index in [1.807, 2.05) is 39.1 Å². The summed E-state index contributed by atoms with van der Waals surface area (Å²) < 4.78 is 17.2. The fraction of sp³-hybridized carbons (Fsp3) is 0.500. The Balaban J connectivity index is 1.66. The topological polar surface area (TPSA) is 84.8 Å². The van der Waals surface area contributed by atoms with Gasteiger partial charge >= 0.3 is 0 Å². The molecule has 4 rings (SSSR count). The molecule has 0 saturated carbocycles. The van der Waals surface area contributed by atoms with E-state index in [1.54, 1.807) is 14.2 Å². The minimum absolute atomic E-state index is 0.0713. The lowest BCUT2D eigenvalue weighted by Gasteiger charge is -2.32. The molecule has 1 fully saturated rings. The van der Waals surface area contributed by atoms with Gasteiger partial charge in [-0.15, -0.1) is 0 Å². The van der Waals surface area contributed by atoms with E-state index >= 15 is 0 Å². The molecule has 3 aliphatic rings. The average molecular weight is 412 g/mol. The highest BCUT2D eigenvalue weighted by atomic mass is 16.5. The molecule has 3 heterocycles. The molecular weight excluding hydrogens is 384 g/mol. The smallest absolute Gasteiger partial charge is 0.220 e. The third-order valence-electron chi connectivity index (χ3n) is 6.06. The van der Waals surface area contributed by atoms with Crippen LogP contribution in [0.1, 0.15) is 25.8 Å². The molecular formula is C22H28N4O4. The monoisotopic (exact) mass is 412 g/mol. The maximum absolute atomic E-state index is 11.6. The Morgan fingerprint density at radius 3 is 2.67 bits per heavy atom. The number of rotatable bonds is 5. The largest absolute Gasteiger partial charge is 0.493 e. The molecule has 8 heteroatoms. The highest BCUT2D eigenvalue weighted by Crippen LogP contribution is 2.35. The molecule has 160 valence electrons. The number of amides is 1. The summed E-state index contributed by atoms with van der Waals surface area (Å²) in [6.07, 6.45) is 2.41. The molecule has 3 unspecified atom stereocenters. The first kappa shape index (κ1) is 20.3. The predicted octanol–water partition coefficient (Wildman–Crippen LogP) is 2.10. The SMILES string of the molecule is COc1ccc(C2=CC3N=C(C)N(C)C3C(O[C@H](C)C3CNC(=O)C3)=N2)cc1OC. The van der Waals surface area contributed by atoms with Crippen LogP contribution in [-0.2, 0) is 9.53 Å². The number of nitrogens with zero attached hydrogens (tertiary/aromatic N) is 3. The zero-order valence-electron chi connectivity index (χ0n) is 18.0. The zero-order valence-corrected chi connectivity index (χ0v) is 18.0. The molecule has 1 aromatic carbocycles. The summed E-state index contributed by atoms with van der Waals surface area (Å²) in [6, 6.07) is 5.56. The normalized spacial score (nSPS) is 26.3. The van der Waals surface area contributed by atoms with Crippen LogP contribution in [0.3, 0.4) is 0 Å². The molecule has 3 aliphatic heterocycles. The highest BCUT2D eigenvalue weighted by Gasteiger charge is 2.41. The summed E-state index contributed by atoms with van der Waals surface area (Å²) in [5.74, 6) is 3.07. The van der Waals surface area contributed by atoms with Gasteiger partial charge in [-0.1, -0.05) is 0 Å². The molecule has 1 amide bonds. The van der Waals surface area contributed by atoms with Gasteiger partial charge in [0.15, 0.2) is 11.5 Å². The zero-order chi connectivity index (χ0) is 21.4. The minimum atomic E-state index is -0.137. The van der Waals surface area contributed by atoms with Gasteiger partial charge in [-0.2, -0.15) is 0 Å². The molecule has 1 saturated heterocycles. The second kappa shape index (κ2) is 8.01. The summed E-state index contributed by atoms with van der Waals surface area (Å²) in [5, 5.41) is 2.88. The van der Waals surface area contributed by atoms with Crippen LogP contribution < -0.4 is 14.8 Å². The van der Waals surface area contributed by atoms with Crippen molar-refractivity contribution in [1.82, 2.24) is 10.2 Å². The molecule has 0 aromatic heterocycles. The third-order valence-corrected chi connectivity index (χ3v) is 6.06. The van der Waals surface area contributed by atoms with Crippen molar-refractivity contribution < 1.29 is 19.0 Å². The van der Waals surface area contributed by atoms with Gasteiger partial charge < -0.3 is 24.4 Å². The van der Waals surface area contributed by atoms with Crippen LogP contribution in [-0.4, -0.2) is 68.5 Å². The van der Waals surface area contributed by atoms with Crippen molar-refractivity contribution in [2.24, 2.45) is 15.9 Å². The lowest BCUT2D eigenvalue weighted by Crippen LogP contribution is -2.46. The van der Waals surface area contributed by atoms with Gasteiger partial charge in [0, 0.05) is 31.5 Å². The van der Waals surface area contributed by atoms with Gasteiger partial charge in [-0.25, -0.2) is 4.99 Å². The Morgan fingerprint density at radius 2 is 2.00 bits per heavy atom. The number of methoxy groups -OCH3 is 2. The summed E-state index contributed by atoms with van der Waals surface area (Å²) in [5.41, 5.74) is 1.69. The second-order valence-corrected chi connectivity index (χ2v) is 7.89. The first-order valence-corrected chi connectivity index (χ1v) is 10.1. The highest BCUT2D eigenvalue weighted by molar-refractivity contribution is 5.97. The second-order valence-electron chi connectivity index (χ2n) is 7.89. The number of hydrogen-bond donors (Lipinski definition) is 1. The van der Waals surface area contributed by atoms with Crippen LogP contribution in [0.4, 0.5) is 0 Å². The van der Waals surface area contributed by atoms with Crippen molar-refractivity contribution in [3.8, 4) is 11.5 Å². The van der Waals surface area contributed by atoms with Crippen molar-refractivity contribution in [3.63, 3.8) is 0 Å². The maximum Gasteiger partial charge on any atom is 0.220 e. The quantitative estimate of drug-likeness (QED) is 0.801. The number of aliphatic imine (C=N–C) groups is 2. The lowest BCUT2D eigenvalue weighted by molar-refractivity contribution is -0.119. The van der Waals surface area contributed by atoms with Crippen molar-refractivity contribution in [2.45, 2.75) is 38.5 Å². The van der Waals surface area contributed by atoms with Gasteiger partial charge in [0.1, 0.15) is 18.2 Å². The molecule has 0 aliphatic carbocycles. The summed E-state index contributed by atoms with van der Waals surface area (Å²) >= 11 is 0. The van der Waals surface area contributed by atoms with Gasteiger partial charge in [0.25, 0.3) is 0 Å². The average Bonchev–Trinajstić information content (AvgIpc) is 3.30. The molecule has 1 N–H and O–H groups in total. The number of fused-ring (bicyclic) bond motifs is 1. The van der Waals surface area contributed by atoms with Crippen molar-refractivity contribution in [3.05, 3.63) is 29.8 Å². The van der Waals surface area contributed by atoms with Crippen LogP contribution in [0, 0.1) is 5.92 Å². The first-order valence-electron chi connectivity index (χ1n) is 10.1. The van der Waals surface area contributed by atoms with Crippen LogP contribution in [0.25, 0.3) is 5.70 Å². The molecule has 0 spiro atoms. The van der Waals surface area contributed by atoms with E-state index in [0.29, 0.717) is 30.4 Å². The van der Waals surface area contributed by atoms with Crippen molar-refractivity contribution in [1.29, 1.82) is 0 Å². The Morgan fingerprint density at radius 1 is 1.23 bits per heavy atom. The first-order chi connectivity index (χ1) is 14.4. The van der Waals surface area contributed by atoms with Crippen LogP contribution in [0.2, 0.25) is 0 Å². The number of ether oxygens (including phenoxy) is 3. The Hall–Kier alpha value is -3.03. The molecule has 4 atom stereocenters. The summed E-state index contributed by atoms with van der Waals surface area (Å²) in [4.78, 5) is 23.4. The summed E-state index contributed by atoms with van der Waals surface area (Å²) in [7, 11) is 5.23. The van der Waals surface area contributed by atoms with Crippen LogP contribution in [0.5, 0.6) is 11.5 Å². The number of amidine groups is 1.